The van der Waals surface area contributed by atoms with Crippen LogP contribution in [0.3, 0.4) is 0 Å². The zero-order valence-corrected chi connectivity index (χ0v) is 14.0. The molecule has 2 atom stereocenters. The molecule has 24 heavy (non-hydrogen) atoms. The van der Waals surface area contributed by atoms with Gasteiger partial charge in [-0.1, -0.05) is 12.1 Å². The van der Waals surface area contributed by atoms with Gasteiger partial charge in [-0.3, -0.25) is 0 Å². The van der Waals surface area contributed by atoms with Gasteiger partial charge in [-0.25, -0.2) is 4.79 Å². The molecule has 0 saturated carbocycles. The Morgan fingerprint density at radius 3 is 3.12 bits per heavy atom. The van der Waals surface area contributed by atoms with Crippen molar-refractivity contribution >= 4 is 6.03 Å². The second-order valence-electron chi connectivity index (χ2n) is 6.39. The minimum atomic E-state index is -0.350. The zero-order valence-electron chi connectivity index (χ0n) is 14.0. The molecule has 2 saturated heterocycles. The normalized spacial score (nSPS) is 26.3. The number of rotatable bonds is 3. The first-order chi connectivity index (χ1) is 11.6. The summed E-state index contributed by atoms with van der Waals surface area (Å²) in [5.41, 5.74) is 1.34. The summed E-state index contributed by atoms with van der Waals surface area (Å²) in [5.74, 6) is 0. The van der Waals surface area contributed by atoms with Gasteiger partial charge in [0.05, 0.1) is 30.9 Å². The van der Waals surface area contributed by atoms with Gasteiger partial charge < -0.3 is 19.7 Å². The summed E-state index contributed by atoms with van der Waals surface area (Å²) in [6.45, 7) is 4.96. The van der Waals surface area contributed by atoms with E-state index in [0.29, 0.717) is 44.8 Å². The van der Waals surface area contributed by atoms with Gasteiger partial charge in [0.15, 0.2) is 0 Å². The number of urea groups is 1. The highest BCUT2D eigenvalue weighted by atomic mass is 16.6. The average molecular weight is 329 g/mol. The lowest BCUT2D eigenvalue weighted by molar-refractivity contribution is -0.125. The van der Waals surface area contributed by atoms with Crippen molar-refractivity contribution in [2.75, 3.05) is 32.8 Å². The number of hydrogen-bond donors (Lipinski definition) is 1. The molecule has 1 spiro atoms. The van der Waals surface area contributed by atoms with Crippen molar-refractivity contribution in [3.05, 3.63) is 35.4 Å². The average Bonchev–Trinajstić information content (AvgIpc) is 2.95. The van der Waals surface area contributed by atoms with Crippen molar-refractivity contribution in [2.45, 2.75) is 31.5 Å². The van der Waals surface area contributed by atoms with E-state index in [1.165, 1.54) is 0 Å². The first kappa shape index (κ1) is 16.7. The third kappa shape index (κ3) is 3.53. The van der Waals surface area contributed by atoms with E-state index in [-0.39, 0.29) is 17.7 Å². The molecule has 2 aliphatic rings. The molecule has 0 aromatic heterocycles. The second-order valence-corrected chi connectivity index (χ2v) is 6.39. The Hall–Kier alpha value is -2.10. The molecule has 1 aromatic rings. The van der Waals surface area contributed by atoms with Crippen molar-refractivity contribution in [1.29, 1.82) is 5.26 Å². The Morgan fingerprint density at radius 1 is 1.50 bits per heavy atom. The molecule has 3 rings (SSSR count). The monoisotopic (exact) mass is 329 g/mol. The summed E-state index contributed by atoms with van der Waals surface area (Å²) in [6.07, 6.45) is 1.55. The van der Waals surface area contributed by atoms with Gasteiger partial charge in [0.2, 0.25) is 0 Å². The number of carbonyl (C=O) groups excluding carboxylic acids is 1. The van der Waals surface area contributed by atoms with Gasteiger partial charge in [-0.15, -0.1) is 0 Å². The lowest BCUT2D eigenvalue weighted by Gasteiger charge is -2.41. The minimum Gasteiger partial charge on any atom is -0.375 e. The molecular weight excluding hydrogens is 306 g/mol. The maximum atomic E-state index is 12.4. The van der Waals surface area contributed by atoms with Crippen LogP contribution in [0.5, 0.6) is 0 Å². The fourth-order valence-corrected chi connectivity index (χ4v) is 3.36. The van der Waals surface area contributed by atoms with Crippen molar-refractivity contribution in [2.24, 2.45) is 0 Å². The van der Waals surface area contributed by atoms with Crippen molar-refractivity contribution < 1.29 is 14.3 Å². The quantitative estimate of drug-likeness (QED) is 0.916. The molecule has 2 aliphatic heterocycles. The van der Waals surface area contributed by atoms with Crippen molar-refractivity contribution in [3.8, 4) is 6.07 Å². The number of nitrogens with one attached hydrogen (secondary N) is 1. The van der Waals surface area contributed by atoms with E-state index in [0.717, 1.165) is 12.0 Å². The summed E-state index contributed by atoms with van der Waals surface area (Å²) in [6, 6.07) is 9.53. The Balaban J connectivity index is 1.51. The van der Waals surface area contributed by atoms with Crippen LogP contribution in [-0.4, -0.2) is 55.5 Å². The number of amides is 2. The second kappa shape index (κ2) is 7.20. The van der Waals surface area contributed by atoms with Gasteiger partial charge in [0, 0.05) is 26.1 Å². The maximum absolute atomic E-state index is 12.4. The molecule has 0 bridgehead atoms. The van der Waals surface area contributed by atoms with Crippen molar-refractivity contribution in [1.82, 2.24) is 10.2 Å². The van der Waals surface area contributed by atoms with E-state index in [1.54, 1.807) is 6.07 Å². The van der Waals surface area contributed by atoms with Crippen LogP contribution in [0.15, 0.2) is 24.3 Å². The van der Waals surface area contributed by atoms with Gasteiger partial charge in [-0.2, -0.15) is 5.26 Å². The fraction of sp³-hybridized carbons (Fsp3) is 0.556. The number of nitrogens with zero attached hydrogens (tertiary/aromatic N) is 2. The number of carbonyl (C=O) groups is 1. The standard InChI is InChI=1S/C18H23N3O3/c1-14-18(6-9-23-14)13-21(8-10-24-18)17(22)20-7-5-15-3-2-4-16(11-15)12-19/h2-4,11,14H,5-10,13H2,1H3,(H,20,22). The van der Waals surface area contributed by atoms with E-state index in [1.807, 2.05) is 30.0 Å². The Kier molecular flexibility index (Phi) is 5.03. The molecule has 2 fully saturated rings. The summed E-state index contributed by atoms with van der Waals surface area (Å²) in [7, 11) is 0. The largest absolute Gasteiger partial charge is 0.375 e. The molecular formula is C18H23N3O3. The van der Waals surface area contributed by atoms with Gasteiger partial charge in [0.25, 0.3) is 0 Å². The molecule has 2 unspecified atom stereocenters. The first-order valence-electron chi connectivity index (χ1n) is 8.40. The Bertz CT molecular complexity index is 643. The van der Waals surface area contributed by atoms with Crippen molar-refractivity contribution in [3.63, 3.8) is 0 Å². The molecule has 0 radical (unpaired) electrons. The number of morpholine rings is 1. The third-order valence-corrected chi connectivity index (χ3v) is 4.88. The highest BCUT2D eigenvalue weighted by Gasteiger charge is 2.46. The van der Waals surface area contributed by atoms with Crippen LogP contribution in [-0.2, 0) is 15.9 Å². The molecule has 2 heterocycles. The van der Waals surface area contributed by atoms with Crippen LogP contribution in [0.4, 0.5) is 4.79 Å². The van der Waals surface area contributed by atoms with Crippen LogP contribution in [0.2, 0.25) is 0 Å². The van der Waals surface area contributed by atoms with Crippen LogP contribution >= 0.6 is 0 Å². The maximum Gasteiger partial charge on any atom is 0.317 e. The van der Waals surface area contributed by atoms with Crippen LogP contribution < -0.4 is 5.32 Å². The predicted octanol–water partition coefficient (Wildman–Crippen LogP) is 1.69. The molecule has 0 aliphatic carbocycles. The van der Waals surface area contributed by atoms with Crippen LogP contribution in [0, 0.1) is 11.3 Å². The lowest BCUT2D eigenvalue weighted by Crippen LogP contribution is -2.58. The SMILES string of the molecule is CC1OCCC12CN(C(=O)NCCc1cccc(C#N)c1)CCO2. The smallest absolute Gasteiger partial charge is 0.317 e. The first-order valence-corrected chi connectivity index (χ1v) is 8.40. The zero-order chi connectivity index (χ0) is 17.0. The molecule has 2 amide bonds. The minimum absolute atomic E-state index is 0.0156. The van der Waals surface area contributed by atoms with E-state index in [2.05, 4.69) is 11.4 Å². The number of benzene rings is 1. The number of ether oxygens (including phenoxy) is 2. The topological polar surface area (TPSA) is 74.6 Å². The van der Waals surface area contributed by atoms with Gasteiger partial charge in [0.1, 0.15) is 5.60 Å². The summed E-state index contributed by atoms with van der Waals surface area (Å²) >= 11 is 0. The molecule has 6 nitrogen and oxygen atoms in total. The Morgan fingerprint density at radius 2 is 2.38 bits per heavy atom. The molecule has 6 heteroatoms. The van der Waals surface area contributed by atoms with Gasteiger partial charge in [-0.05, 0) is 31.0 Å². The predicted molar refractivity (Wildman–Crippen MR) is 88.5 cm³/mol. The molecule has 1 N–H and O–H groups in total. The summed E-state index contributed by atoms with van der Waals surface area (Å²) in [4.78, 5) is 14.2. The highest BCUT2D eigenvalue weighted by Crippen LogP contribution is 2.32. The summed E-state index contributed by atoms with van der Waals surface area (Å²) in [5, 5.41) is 11.9. The highest BCUT2D eigenvalue weighted by molar-refractivity contribution is 5.74. The van der Waals surface area contributed by atoms with E-state index in [4.69, 9.17) is 14.7 Å². The van der Waals surface area contributed by atoms with E-state index >= 15 is 0 Å². The molecule has 1 aromatic carbocycles. The van der Waals surface area contributed by atoms with Crippen LogP contribution in [0.1, 0.15) is 24.5 Å². The third-order valence-electron chi connectivity index (χ3n) is 4.88. The number of nitriles is 1. The summed E-state index contributed by atoms with van der Waals surface area (Å²) < 4.78 is 11.6. The lowest BCUT2D eigenvalue weighted by atomic mass is 9.94. The van der Waals surface area contributed by atoms with Gasteiger partial charge >= 0.3 is 6.03 Å². The van der Waals surface area contributed by atoms with E-state index in [9.17, 15) is 4.79 Å². The van der Waals surface area contributed by atoms with Crippen LogP contribution in [0.25, 0.3) is 0 Å². The molecule has 128 valence electrons. The fourth-order valence-electron chi connectivity index (χ4n) is 3.36. The number of hydrogen-bond acceptors (Lipinski definition) is 4. The van der Waals surface area contributed by atoms with E-state index < -0.39 is 0 Å². The Labute approximate surface area is 142 Å².